The second-order valence-corrected chi connectivity index (χ2v) is 3.95. The smallest absolute Gasteiger partial charge is 0.130 e. The van der Waals surface area contributed by atoms with E-state index in [4.69, 9.17) is 5.26 Å². The molecule has 0 aromatic heterocycles. The van der Waals surface area contributed by atoms with E-state index < -0.39 is 5.67 Å². The van der Waals surface area contributed by atoms with Crippen LogP contribution in [0.1, 0.15) is 30.5 Å². The summed E-state index contributed by atoms with van der Waals surface area (Å²) < 4.78 is 13.6. The first kappa shape index (κ1) is 10.7. The molecule has 0 saturated carbocycles. The summed E-state index contributed by atoms with van der Waals surface area (Å²) >= 11 is 0. The SMILES string of the molecule is Cc1ccc(C(C)(C)F)cc1CC#N. The van der Waals surface area contributed by atoms with E-state index >= 15 is 0 Å². The third kappa shape index (κ3) is 2.32. The zero-order valence-corrected chi connectivity index (χ0v) is 8.76. The minimum atomic E-state index is -1.34. The van der Waals surface area contributed by atoms with Crippen molar-refractivity contribution in [3.63, 3.8) is 0 Å². The Bertz CT molecular complexity index is 369. The summed E-state index contributed by atoms with van der Waals surface area (Å²) in [5.74, 6) is 0. The van der Waals surface area contributed by atoms with Crippen molar-refractivity contribution >= 4 is 0 Å². The topological polar surface area (TPSA) is 23.8 Å². The highest BCUT2D eigenvalue weighted by Crippen LogP contribution is 2.26. The lowest BCUT2D eigenvalue weighted by atomic mass is 9.95. The average Bonchev–Trinajstić information content (AvgIpc) is 2.07. The van der Waals surface area contributed by atoms with Crippen LogP contribution in [0.5, 0.6) is 0 Å². The second-order valence-electron chi connectivity index (χ2n) is 3.95. The number of benzene rings is 1. The highest BCUT2D eigenvalue weighted by atomic mass is 19.1. The van der Waals surface area contributed by atoms with Gasteiger partial charge in [-0.15, -0.1) is 0 Å². The zero-order chi connectivity index (χ0) is 10.8. The Kier molecular flexibility index (Phi) is 2.90. The molecule has 0 aliphatic heterocycles. The Balaban J connectivity index is 3.14. The van der Waals surface area contributed by atoms with Gasteiger partial charge >= 0.3 is 0 Å². The molecule has 0 heterocycles. The molecule has 0 N–H and O–H groups in total. The van der Waals surface area contributed by atoms with E-state index in [1.165, 1.54) is 13.8 Å². The van der Waals surface area contributed by atoms with Crippen molar-refractivity contribution in [2.45, 2.75) is 32.9 Å². The summed E-state index contributed by atoms with van der Waals surface area (Å²) in [6.45, 7) is 4.98. The molecule has 14 heavy (non-hydrogen) atoms. The Morgan fingerprint density at radius 1 is 1.43 bits per heavy atom. The molecule has 1 aromatic rings. The first-order valence-corrected chi connectivity index (χ1v) is 4.61. The number of aryl methyl sites for hydroxylation is 1. The van der Waals surface area contributed by atoms with Gasteiger partial charge in [-0.1, -0.05) is 18.2 Å². The molecule has 74 valence electrons. The Hall–Kier alpha value is -1.36. The number of halogens is 1. The lowest BCUT2D eigenvalue weighted by Gasteiger charge is -2.16. The van der Waals surface area contributed by atoms with Crippen LogP contribution in [0, 0.1) is 18.3 Å². The maximum atomic E-state index is 13.6. The van der Waals surface area contributed by atoms with Crippen molar-refractivity contribution in [3.05, 3.63) is 34.9 Å². The summed E-state index contributed by atoms with van der Waals surface area (Å²) in [6.07, 6.45) is 0.343. The van der Waals surface area contributed by atoms with Gasteiger partial charge in [0.2, 0.25) is 0 Å². The van der Waals surface area contributed by atoms with E-state index in [9.17, 15) is 4.39 Å². The average molecular weight is 191 g/mol. The zero-order valence-electron chi connectivity index (χ0n) is 8.76. The summed E-state index contributed by atoms with van der Waals surface area (Å²) in [6, 6.07) is 7.50. The predicted molar refractivity (Wildman–Crippen MR) is 54.6 cm³/mol. The van der Waals surface area contributed by atoms with E-state index in [1.54, 1.807) is 12.1 Å². The van der Waals surface area contributed by atoms with Crippen molar-refractivity contribution in [3.8, 4) is 6.07 Å². The Labute approximate surface area is 84.2 Å². The van der Waals surface area contributed by atoms with E-state index in [1.807, 2.05) is 13.0 Å². The van der Waals surface area contributed by atoms with E-state index in [2.05, 4.69) is 6.07 Å². The van der Waals surface area contributed by atoms with Crippen molar-refractivity contribution in [2.24, 2.45) is 0 Å². The van der Waals surface area contributed by atoms with Crippen LogP contribution < -0.4 is 0 Å². The van der Waals surface area contributed by atoms with E-state index in [0.717, 1.165) is 11.1 Å². The maximum Gasteiger partial charge on any atom is 0.130 e. The molecule has 0 aliphatic carbocycles. The van der Waals surface area contributed by atoms with Crippen LogP contribution in [-0.2, 0) is 12.1 Å². The van der Waals surface area contributed by atoms with Crippen LogP contribution in [-0.4, -0.2) is 0 Å². The van der Waals surface area contributed by atoms with Crippen LogP contribution in [0.4, 0.5) is 4.39 Å². The molecule has 1 rings (SSSR count). The fourth-order valence-electron chi connectivity index (χ4n) is 1.32. The molecule has 0 unspecified atom stereocenters. The number of alkyl halides is 1. The van der Waals surface area contributed by atoms with Gasteiger partial charge in [-0.25, -0.2) is 4.39 Å². The number of nitrogens with zero attached hydrogens (tertiary/aromatic N) is 1. The Morgan fingerprint density at radius 2 is 2.07 bits per heavy atom. The van der Waals surface area contributed by atoms with Gasteiger partial charge in [-0.3, -0.25) is 0 Å². The van der Waals surface area contributed by atoms with E-state index in [0.29, 0.717) is 12.0 Å². The van der Waals surface area contributed by atoms with Crippen molar-refractivity contribution in [1.82, 2.24) is 0 Å². The van der Waals surface area contributed by atoms with Crippen LogP contribution in [0.2, 0.25) is 0 Å². The van der Waals surface area contributed by atoms with Crippen LogP contribution in [0.25, 0.3) is 0 Å². The third-order valence-corrected chi connectivity index (χ3v) is 2.31. The molecule has 0 radical (unpaired) electrons. The van der Waals surface area contributed by atoms with Gasteiger partial charge in [-0.05, 0) is 37.5 Å². The highest BCUT2D eigenvalue weighted by Gasteiger charge is 2.19. The summed E-state index contributed by atoms with van der Waals surface area (Å²) in [5.41, 5.74) is 1.25. The molecule has 1 aromatic carbocycles. The van der Waals surface area contributed by atoms with Gasteiger partial charge in [0, 0.05) is 0 Å². The Morgan fingerprint density at radius 3 is 2.57 bits per heavy atom. The molecule has 0 aliphatic rings. The lowest BCUT2D eigenvalue weighted by Crippen LogP contribution is -2.09. The van der Waals surface area contributed by atoms with Gasteiger partial charge in [0.15, 0.2) is 0 Å². The summed E-state index contributed by atoms with van der Waals surface area (Å²) in [7, 11) is 0. The van der Waals surface area contributed by atoms with Crippen molar-refractivity contribution < 1.29 is 4.39 Å². The first-order chi connectivity index (χ1) is 6.45. The van der Waals surface area contributed by atoms with Gasteiger partial charge < -0.3 is 0 Å². The minimum Gasteiger partial charge on any atom is -0.239 e. The van der Waals surface area contributed by atoms with Crippen molar-refractivity contribution in [1.29, 1.82) is 5.26 Å². The molecule has 0 amide bonds. The van der Waals surface area contributed by atoms with E-state index in [-0.39, 0.29) is 0 Å². The largest absolute Gasteiger partial charge is 0.239 e. The van der Waals surface area contributed by atoms with Gasteiger partial charge in [0.25, 0.3) is 0 Å². The molecule has 0 spiro atoms. The monoisotopic (exact) mass is 191 g/mol. The summed E-state index contributed by atoms with van der Waals surface area (Å²) in [4.78, 5) is 0. The van der Waals surface area contributed by atoms with Gasteiger partial charge in [0.05, 0.1) is 12.5 Å². The predicted octanol–water partition coefficient (Wildman–Crippen LogP) is 3.27. The van der Waals surface area contributed by atoms with Crippen LogP contribution in [0.15, 0.2) is 18.2 Å². The van der Waals surface area contributed by atoms with Crippen LogP contribution in [0.3, 0.4) is 0 Å². The number of nitriles is 1. The summed E-state index contributed by atoms with van der Waals surface area (Å²) in [5, 5.41) is 8.59. The number of rotatable bonds is 2. The molecule has 1 nitrogen and oxygen atoms in total. The molecular weight excluding hydrogens is 177 g/mol. The minimum absolute atomic E-state index is 0.343. The second kappa shape index (κ2) is 3.79. The van der Waals surface area contributed by atoms with Gasteiger partial charge in [-0.2, -0.15) is 5.26 Å². The molecule has 0 saturated heterocycles. The number of hydrogen-bond donors (Lipinski definition) is 0. The molecule has 0 fully saturated rings. The molecule has 0 bridgehead atoms. The third-order valence-electron chi connectivity index (χ3n) is 2.31. The fourth-order valence-corrected chi connectivity index (χ4v) is 1.32. The number of hydrogen-bond acceptors (Lipinski definition) is 1. The molecule has 2 heteroatoms. The highest BCUT2D eigenvalue weighted by molar-refractivity contribution is 5.35. The molecular formula is C12H14FN. The standard InChI is InChI=1S/C12H14FN/c1-9-4-5-11(12(2,3)13)8-10(9)6-7-14/h4-5,8H,6H2,1-3H3. The lowest BCUT2D eigenvalue weighted by molar-refractivity contribution is 0.221. The molecule has 0 atom stereocenters. The first-order valence-electron chi connectivity index (χ1n) is 4.61. The normalized spacial score (nSPS) is 11.1. The van der Waals surface area contributed by atoms with Gasteiger partial charge in [0.1, 0.15) is 5.67 Å². The maximum absolute atomic E-state index is 13.6. The van der Waals surface area contributed by atoms with Crippen molar-refractivity contribution in [2.75, 3.05) is 0 Å². The van der Waals surface area contributed by atoms with Crippen LogP contribution >= 0.6 is 0 Å². The quantitative estimate of drug-likeness (QED) is 0.703. The fraction of sp³-hybridized carbons (Fsp3) is 0.417.